The van der Waals surface area contributed by atoms with Crippen LogP contribution in [-0.4, -0.2) is 20.2 Å². The van der Waals surface area contributed by atoms with Gasteiger partial charge < -0.3 is 19.5 Å². The van der Waals surface area contributed by atoms with Crippen LogP contribution in [-0.2, 0) is 10.2 Å². The molecule has 0 aromatic heterocycles. The van der Waals surface area contributed by atoms with E-state index >= 15 is 0 Å². The second kappa shape index (κ2) is 9.73. The summed E-state index contributed by atoms with van der Waals surface area (Å²) < 4.78 is 16.5. The molecule has 4 saturated carbocycles. The van der Waals surface area contributed by atoms with Crippen LogP contribution in [0.25, 0.3) is 0 Å². The van der Waals surface area contributed by atoms with Gasteiger partial charge in [-0.3, -0.25) is 0 Å². The lowest BCUT2D eigenvalue weighted by molar-refractivity contribution is -0.110. The highest BCUT2D eigenvalue weighted by Crippen LogP contribution is 2.70. The van der Waals surface area contributed by atoms with E-state index in [1.807, 2.05) is 31.2 Å². The van der Waals surface area contributed by atoms with Gasteiger partial charge in [0.05, 0.1) is 30.5 Å². The summed E-state index contributed by atoms with van der Waals surface area (Å²) >= 11 is 6.86. The van der Waals surface area contributed by atoms with E-state index in [9.17, 15) is 4.79 Å². The van der Waals surface area contributed by atoms with Crippen molar-refractivity contribution in [2.24, 2.45) is 16.7 Å². The summed E-state index contributed by atoms with van der Waals surface area (Å²) in [6.45, 7) is 7.01. The second-order valence-corrected chi connectivity index (χ2v) is 13.6. The van der Waals surface area contributed by atoms with Crippen LogP contribution < -0.4 is 14.8 Å². The molecule has 4 aliphatic rings. The molecular formula is C34H38ClNO4. The Kier molecular flexibility index (Phi) is 6.57. The van der Waals surface area contributed by atoms with Gasteiger partial charge in [0, 0.05) is 5.69 Å². The van der Waals surface area contributed by atoms with Gasteiger partial charge in [0.25, 0.3) is 0 Å². The van der Waals surface area contributed by atoms with Gasteiger partial charge in [0.2, 0.25) is 0 Å². The van der Waals surface area contributed by atoms with Crippen molar-refractivity contribution in [1.29, 1.82) is 0 Å². The monoisotopic (exact) mass is 559 g/mol. The molecule has 1 N–H and O–H groups in total. The predicted octanol–water partition coefficient (Wildman–Crippen LogP) is 9.23. The molecule has 7 rings (SSSR count). The molecule has 6 heteroatoms. The molecular weight excluding hydrogens is 522 g/mol. The number of halogens is 1. The van der Waals surface area contributed by atoms with Crippen molar-refractivity contribution >= 4 is 28.9 Å². The van der Waals surface area contributed by atoms with Crippen LogP contribution >= 0.6 is 11.6 Å². The van der Waals surface area contributed by atoms with E-state index < -0.39 is 5.97 Å². The van der Waals surface area contributed by atoms with Gasteiger partial charge in [0.15, 0.2) is 0 Å². The van der Waals surface area contributed by atoms with Gasteiger partial charge in [-0.25, -0.2) is 4.79 Å². The zero-order valence-corrected chi connectivity index (χ0v) is 24.8. The highest BCUT2D eigenvalue weighted by atomic mass is 35.5. The molecule has 0 amide bonds. The van der Waals surface area contributed by atoms with Gasteiger partial charge in [-0.1, -0.05) is 31.5 Å². The Morgan fingerprint density at radius 1 is 0.875 bits per heavy atom. The van der Waals surface area contributed by atoms with Crippen LogP contribution in [0.5, 0.6) is 17.2 Å². The van der Waals surface area contributed by atoms with E-state index in [4.69, 9.17) is 25.8 Å². The number of anilines is 2. The Morgan fingerprint density at radius 3 is 2.20 bits per heavy atom. The summed E-state index contributed by atoms with van der Waals surface area (Å²) in [4.78, 5) is 12.3. The minimum absolute atomic E-state index is 0.236. The topological polar surface area (TPSA) is 56.8 Å². The summed E-state index contributed by atoms with van der Waals surface area (Å²) in [6.07, 6.45) is 7.94. The largest absolute Gasteiger partial charge is 0.497 e. The number of esters is 1. The molecule has 4 fully saturated rings. The average Bonchev–Trinajstić information content (AvgIpc) is 2.89. The van der Waals surface area contributed by atoms with Crippen molar-refractivity contribution in [2.75, 3.05) is 19.5 Å². The number of carbonyl (C=O) groups excluding carboxylic acids is 1. The SMILES string of the molecule is COC(=O)c1cc(OC)ccc1Nc1ccc(Oc2ccc(C34CC5CC(C)(CC(C)(C5)C3)C4)cc2Cl)cc1C. The Balaban J connectivity index is 1.21. The van der Waals surface area contributed by atoms with Crippen molar-refractivity contribution in [2.45, 2.75) is 64.7 Å². The summed E-state index contributed by atoms with van der Waals surface area (Å²) in [6, 6.07) is 17.5. The van der Waals surface area contributed by atoms with Crippen molar-refractivity contribution < 1.29 is 19.0 Å². The Labute approximate surface area is 242 Å². The fourth-order valence-electron chi connectivity index (χ4n) is 8.83. The molecule has 2 unspecified atom stereocenters. The summed E-state index contributed by atoms with van der Waals surface area (Å²) in [5, 5.41) is 4.01. The summed E-state index contributed by atoms with van der Waals surface area (Å²) in [5.41, 5.74) is 5.37. The Bertz CT molecular complexity index is 1460. The van der Waals surface area contributed by atoms with Crippen molar-refractivity contribution in [3.05, 3.63) is 76.3 Å². The van der Waals surface area contributed by atoms with Gasteiger partial charge in [-0.05, 0) is 127 Å². The predicted molar refractivity (Wildman–Crippen MR) is 159 cm³/mol. The minimum atomic E-state index is -0.436. The van der Waals surface area contributed by atoms with Crippen molar-refractivity contribution in [3.8, 4) is 17.2 Å². The zero-order chi connectivity index (χ0) is 28.3. The molecule has 5 nitrogen and oxygen atoms in total. The van der Waals surface area contributed by atoms with Gasteiger partial charge in [-0.2, -0.15) is 0 Å². The maximum atomic E-state index is 12.3. The molecule has 0 heterocycles. The molecule has 2 atom stereocenters. The maximum absolute atomic E-state index is 12.3. The number of aryl methyl sites for hydroxylation is 1. The lowest BCUT2D eigenvalue weighted by atomic mass is 9.39. The van der Waals surface area contributed by atoms with E-state index in [0.717, 1.165) is 17.2 Å². The van der Waals surface area contributed by atoms with E-state index in [-0.39, 0.29) is 5.41 Å². The molecule has 3 aromatic carbocycles. The minimum Gasteiger partial charge on any atom is -0.497 e. The second-order valence-electron chi connectivity index (χ2n) is 13.2. The van der Waals surface area contributed by atoms with E-state index in [1.54, 1.807) is 25.3 Å². The first-order valence-electron chi connectivity index (χ1n) is 14.1. The van der Waals surface area contributed by atoms with Crippen LogP contribution in [0, 0.1) is 23.7 Å². The van der Waals surface area contributed by atoms with Crippen molar-refractivity contribution in [1.82, 2.24) is 0 Å². The first-order chi connectivity index (χ1) is 19.0. The van der Waals surface area contributed by atoms with Crippen LogP contribution in [0.3, 0.4) is 0 Å². The molecule has 0 saturated heterocycles. The first kappa shape index (κ1) is 27.0. The average molecular weight is 560 g/mol. The first-order valence-corrected chi connectivity index (χ1v) is 14.5. The highest BCUT2D eigenvalue weighted by Gasteiger charge is 2.60. The molecule has 4 aliphatic carbocycles. The van der Waals surface area contributed by atoms with Crippen LogP contribution in [0.15, 0.2) is 54.6 Å². The maximum Gasteiger partial charge on any atom is 0.340 e. The van der Waals surface area contributed by atoms with Crippen molar-refractivity contribution in [3.63, 3.8) is 0 Å². The van der Waals surface area contributed by atoms with Crippen LogP contribution in [0.1, 0.15) is 73.9 Å². The molecule has 0 aliphatic heterocycles. The molecule has 4 bridgehead atoms. The quantitative estimate of drug-likeness (QED) is 0.292. The summed E-state index contributed by atoms with van der Waals surface area (Å²) in [5.74, 6) is 2.35. The number of methoxy groups -OCH3 is 2. The smallest absolute Gasteiger partial charge is 0.340 e. The normalized spacial score (nSPS) is 28.3. The molecule has 40 heavy (non-hydrogen) atoms. The number of ether oxygens (including phenoxy) is 3. The fourth-order valence-corrected chi connectivity index (χ4v) is 9.05. The molecule has 0 radical (unpaired) electrons. The van der Waals surface area contributed by atoms with Gasteiger partial charge >= 0.3 is 5.97 Å². The Hall–Kier alpha value is -3.18. The number of benzene rings is 3. The molecule has 0 spiro atoms. The fraction of sp³-hybridized carbons (Fsp3) is 0.441. The number of nitrogens with one attached hydrogen (secondary N) is 1. The molecule has 210 valence electrons. The number of hydrogen-bond donors (Lipinski definition) is 1. The summed E-state index contributed by atoms with van der Waals surface area (Å²) in [7, 11) is 2.93. The number of carbonyl (C=O) groups is 1. The third kappa shape index (κ3) is 4.83. The zero-order valence-electron chi connectivity index (χ0n) is 24.0. The number of hydrogen-bond acceptors (Lipinski definition) is 5. The standard InChI is InChI=1S/C34H38ClNO4/c1-21-12-25(8-9-28(21)36-29-10-7-24(38-4)14-26(29)31(37)39-5)40-30-11-6-23(13-27(30)35)34-17-22-15-32(2,19-34)18-33(3,16-22)20-34/h6-14,22,36H,15-20H2,1-5H3. The van der Waals surface area contributed by atoms with E-state index in [1.165, 1.54) is 51.2 Å². The van der Waals surface area contributed by atoms with Gasteiger partial charge in [0.1, 0.15) is 17.2 Å². The lowest BCUT2D eigenvalue weighted by Gasteiger charge is -2.65. The Morgan fingerprint density at radius 2 is 1.57 bits per heavy atom. The van der Waals surface area contributed by atoms with Crippen LogP contribution in [0.2, 0.25) is 5.02 Å². The lowest BCUT2D eigenvalue weighted by Crippen LogP contribution is -2.56. The van der Waals surface area contributed by atoms with Gasteiger partial charge in [-0.15, -0.1) is 0 Å². The highest BCUT2D eigenvalue weighted by molar-refractivity contribution is 6.32. The van der Waals surface area contributed by atoms with E-state index in [0.29, 0.717) is 44.4 Å². The van der Waals surface area contributed by atoms with E-state index in [2.05, 4.69) is 31.3 Å². The third-order valence-corrected chi connectivity index (χ3v) is 9.79. The number of rotatable bonds is 7. The third-order valence-electron chi connectivity index (χ3n) is 9.50. The molecule has 3 aromatic rings. The van der Waals surface area contributed by atoms with Crippen LogP contribution in [0.4, 0.5) is 11.4 Å².